The Bertz CT molecular complexity index is 2560. The molecule has 3 heteroatoms. The van der Waals surface area contributed by atoms with Gasteiger partial charge in [-0.25, -0.2) is 0 Å². The van der Waals surface area contributed by atoms with Gasteiger partial charge in [0.1, 0.15) is 0 Å². The fraction of sp³-hybridized carbons (Fsp3) is 0.164. The molecule has 286 valence electrons. The van der Waals surface area contributed by atoms with E-state index in [1.54, 1.807) is 6.26 Å². The summed E-state index contributed by atoms with van der Waals surface area (Å²) < 4.78 is 6.42. The summed E-state index contributed by atoms with van der Waals surface area (Å²) in [4.78, 5) is 2.29. The fourth-order valence-corrected chi connectivity index (χ4v) is 8.40. The quantitative estimate of drug-likeness (QED) is 0.176. The predicted molar refractivity (Wildman–Crippen MR) is 241 cm³/mol. The summed E-state index contributed by atoms with van der Waals surface area (Å²) in [5, 5.41) is 13.3. The van der Waals surface area contributed by atoms with Crippen LogP contribution in [0.25, 0.3) is 44.5 Å². The van der Waals surface area contributed by atoms with Crippen LogP contribution in [-0.2, 0) is 16.4 Å². The van der Waals surface area contributed by atoms with E-state index in [0.29, 0.717) is 5.76 Å². The molecule has 0 unspecified atom stereocenters. The highest BCUT2D eigenvalue weighted by atomic mass is 16.4. The van der Waals surface area contributed by atoms with E-state index >= 15 is 0 Å². The van der Waals surface area contributed by atoms with Gasteiger partial charge in [-0.3, -0.25) is 0 Å². The Labute approximate surface area is 342 Å². The van der Waals surface area contributed by atoms with E-state index < -0.39 is 5.60 Å². The van der Waals surface area contributed by atoms with Gasteiger partial charge < -0.3 is 14.4 Å². The van der Waals surface area contributed by atoms with Crippen molar-refractivity contribution in [1.29, 1.82) is 0 Å². The second-order valence-corrected chi connectivity index (χ2v) is 17.6. The normalized spacial score (nSPS) is 13.2. The van der Waals surface area contributed by atoms with Crippen molar-refractivity contribution in [2.45, 2.75) is 58.0 Å². The number of fused-ring (bicyclic) bond motifs is 3. The SMILES string of the molecule is CC(C)(C)c1ccc2c(c1)C(O)(c1occc1-c1ccc(N(c3ccc(-c4ccccc4)cc3)c3ccc(-c4ccccc4)cc3)cc1)c1cc(C(C)(C)C)ccc1-2. The highest BCUT2D eigenvalue weighted by Gasteiger charge is 2.48. The van der Waals surface area contributed by atoms with Gasteiger partial charge in [0.25, 0.3) is 0 Å². The maximum atomic E-state index is 13.3. The molecule has 9 rings (SSSR count). The summed E-state index contributed by atoms with van der Waals surface area (Å²) in [5.41, 5.74) is 14.1. The summed E-state index contributed by atoms with van der Waals surface area (Å²) in [6, 6.07) is 62.2. The van der Waals surface area contributed by atoms with E-state index in [2.05, 4.69) is 204 Å². The Morgan fingerprint density at radius 3 is 1.19 bits per heavy atom. The van der Waals surface area contributed by atoms with Crippen molar-refractivity contribution in [2.75, 3.05) is 4.90 Å². The molecule has 0 saturated heterocycles. The van der Waals surface area contributed by atoms with Crippen molar-refractivity contribution in [1.82, 2.24) is 0 Å². The Morgan fingerprint density at radius 1 is 0.414 bits per heavy atom. The molecule has 1 heterocycles. The lowest BCUT2D eigenvalue weighted by atomic mass is 9.79. The van der Waals surface area contributed by atoms with Crippen molar-refractivity contribution >= 4 is 17.1 Å². The number of furan rings is 1. The van der Waals surface area contributed by atoms with Crippen molar-refractivity contribution in [3.8, 4) is 44.5 Å². The highest BCUT2D eigenvalue weighted by molar-refractivity contribution is 5.86. The average Bonchev–Trinajstić information content (AvgIpc) is 3.84. The molecule has 1 aliphatic rings. The molecule has 8 aromatic rings. The number of rotatable bonds is 7. The molecule has 58 heavy (non-hydrogen) atoms. The minimum Gasteiger partial charge on any atom is -0.465 e. The third-order valence-electron chi connectivity index (χ3n) is 11.7. The van der Waals surface area contributed by atoms with Crippen LogP contribution in [0.15, 0.2) is 187 Å². The fourth-order valence-electron chi connectivity index (χ4n) is 8.40. The molecule has 3 nitrogen and oxygen atoms in total. The number of aliphatic hydroxyl groups is 1. The molecule has 0 radical (unpaired) electrons. The van der Waals surface area contributed by atoms with Crippen LogP contribution in [0.5, 0.6) is 0 Å². The Kier molecular flexibility index (Phi) is 9.10. The smallest absolute Gasteiger partial charge is 0.174 e. The largest absolute Gasteiger partial charge is 0.465 e. The highest BCUT2D eigenvalue weighted by Crippen LogP contribution is 2.55. The van der Waals surface area contributed by atoms with Gasteiger partial charge in [0, 0.05) is 33.8 Å². The van der Waals surface area contributed by atoms with E-state index in [4.69, 9.17) is 4.42 Å². The van der Waals surface area contributed by atoms with Gasteiger partial charge in [0.15, 0.2) is 11.4 Å². The maximum Gasteiger partial charge on any atom is 0.174 e. The average molecular weight is 756 g/mol. The molecule has 0 saturated carbocycles. The van der Waals surface area contributed by atoms with Gasteiger partial charge in [-0.15, -0.1) is 0 Å². The lowest BCUT2D eigenvalue weighted by Crippen LogP contribution is -2.27. The van der Waals surface area contributed by atoms with Gasteiger partial charge in [-0.1, -0.05) is 175 Å². The first kappa shape index (κ1) is 37.2. The summed E-state index contributed by atoms with van der Waals surface area (Å²) in [5.74, 6) is 0.530. The molecular weight excluding hydrogens is 707 g/mol. The van der Waals surface area contributed by atoms with Crippen molar-refractivity contribution < 1.29 is 9.52 Å². The molecular formula is C55H49NO2. The van der Waals surface area contributed by atoms with Gasteiger partial charge >= 0.3 is 0 Å². The summed E-state index contributed by atoms with van der Waals surface area (Å²) in [6.07, 6.45) is 1.71. The molecule has 0 aliphatic heterocycles. The molecule has 0 amide bonds. The number of nitrogens with zero attached hydrogens (tertiary/aromatic N) is 1. The number of benzene rings is 7. The van der Waals surface area contributed by atoms with E-state index in [9.17, 15) is 5.11 Å². The Balaban J connectivity index is 1.13. The van der Waals surface area contributed by atoms with Crippen LogP contribution in [0.1, 0.15) is 69.6 Å². The second-order valence-electron chi connectivity index (χ2n) is 17.6. The van der Waals surface area contributed by atoms with Crippen LogP contribution in [0.4, 0.5) is 17.1 Å². The van der Waals surface area contributed by atoms with E-state index in [-0.39, 0.29) is 10.8 Å². The van der Waals surface area contributed by atoms with Crippen LogP contribution in [-0.4, -0.2) is 5.11 Å². The van der Waals surface area contributed by atoms with Crippen molar-refractivity contribution in [2.24, 2.45) is 0 Å². The van der Waals surface area contributed by atoms with E-state index in [1.165, 1.54) is 33.4 Å². The predicted octanol–water partition coefficient (Wildman–Crippen LogP) is 14.6. The molecule has 0 bridgehead atoms. The van der Waals surface area contributed by atoms with Crippen LogP contribution in [0.2, 0.25) is 0 Å². The van der Waals surface area contributed by atoms with Gasteiger partial charge in [-0.2, -0.15) is 0 Å². The Morgan fingerprint density at radius 2 is 0.793 bits per heavy atom. The third-order valence-corrected chi connectivity index (χ3v) is 11.7. The van der Waals surface area contributed by atoms with E-state index in [0.717, 1.165) is 50.4 Å². The standard InChI is InChI=1S/C55H49NO2/c1-53(2,3)42-23-31-48-49-32-24-43(54(4,5)6)36-51(49)55(57,50(48)35-42)52-47(33-34-58-52)41-21-29-46(30-22-41)56(44-25-17-39(18-26-44)37-13-9-7-10-14-37)45-27-19-40(20-28-45)38-15-11-8-12-16-38/h7-36,57H,1-6H3. The molecule has 0 atom stereocenters. The second kappa shape index (κ2) is 14.2. The zero-order valence-electron chi connectivity index (χ0n) is 34.1. The Hall–Kier alpha value is -6.42. The maximum absolute atomic E-state index is 13.3. The minimum absolute atomic E-state index is 0.0985. The number of hydrogen-bond acceptors (Lipinski definition) is 3. The van der Waals surface area contributed by atoms with Gasteiger partial charge in [0.2, 0.25) is 0 Å². The van der Waals surface area contributed by atoms with Gasteiger partial charge in [-0.05, 0) is 103 Å². The van der Waals surface area contributed by atoms with Crippen LogP contribution >= 0.6 is 0 Å². The minimum atomic E-state index is -1.49. The van der Waals surface area contributed by atoms with Crippen LogP contribution < -0.4 is 4.90 Å². The molecule has 0 fully saturated rings. The van der Waals surface area contributed by atoms with E-state index in [1.807, 2.05) is 18.2 Å². The zero-order chi connectivity index (χ0) is 40.2. The van der Waals surface area contributed by atoms with Crippen LogP contribution in [0.3, 0.4) is 0 Å². The van der Waals surface area contributed by atoms with Crippen molar-refractivity contribution in [3.63, 3.8) is 0 Å². The third kappa shape index (κ3) is 6.56. The molecule has 1 aliphatic carbocycles. The monoisotopic (exact) mass is 755 g/mol. The molecule has 7 aromatic carbocycles. The topological polar surface area (TPSA) is 36.6 Å². The molecule has 1 N–H and O–H groups in total. The zero-order valence-corrected chi connectivity index (χ0v) is 34.1. The molecule has 0 spiro atoms. The van der Waals surface area contributed by atoms with Gasteiger partial charge in [0.05, 0.1) is 6.26 Å². The first-order chi connectivity index (χ1) is 27.9. The first-order valence-electron chi connectivity index (χ1n) is 20.2. The number of anilines is 3. The summed E-state index contributed by atoms with van der Waals surface area (Å²) in [6.45, 7) is 13.3. The summed E-state index contributed by atoms with van der Waals surface area (Å²) >= 11 is 0. The lowest BCUT2D eigenvalue weighted by Gasteiger charge is -2.29. The number of hydrogen-bond donors (Lipinski definition) is 1. The lowest BCUT2D eigenvalue weighted by molar-refractivity contribution is 0.104. The first-order valence-corrected chi connectivity index (χ1v) is 20.2. The molecule has 1 aromatic heterocycles. The van der Waals surface area contributed by atoms with Crippen LogP contribution in [0, 0.1) is 0 Å². The van der Waals surface area contributed by atoms with Crippen molar-refractivity contribution in [3.05, 3.63) is 210 Å². The summed E-state index contributed by atoms with van der Waals surface area (Å²) in [7, 11) is 0.